The zero-order valence-electron chi connectivity index (χ0n) is 16.7. The standard InChI is InChI=1S/C21H28N6O2/c28-20(22-10-7-17-5-2-1-3-6-17)18-16-29-19(25-18)15-26-11-13-27(14-12-26)21-23-8-4-9-24-21/h4-5,8-9,16H,1-3,6-7,10-15H2,(H,22,28). The number of carbonyl (C=O) groups is 1. The van der Waals surface area contributed by atoms with E-state index in [2.05, 4.69) is 36.1 Å². The zero-order valence-corrected chi connectivity index (χ0v) is 16.7. The lowest BCUT2D eigenvalue weighted by Gasteiger charge is -2.33. The zero-order chi connectivity index (χ0) is 19.9. The van der Waals surface area contributed by atoms with Gasteiger partial charge >= 0.3 is 0 Å². The molecule has 1 amide bonds. The number of anilines is 1. The molecule has 0 unspecified atom stereocenters. The Balaban J connectivity index is 1.21. The molecule has 0 saturated carbocycles. The molecule has 8 heteroatoms. The molecule has 1 aliphatic heterocycles. The quantitative estimate of drug-likeness (QED) is 0.719. The lowest BCUT2D eigenvalue weighted by Crippen LogP contribution is -2.46. The molecule has 154 valence electrons. The van der Waals surface area contributed by atoms with Gasteiger partial charge in [-0.3, -0.25) is 9.69 Å². The van der Waals surface area contributed by atoms with Crippen molar-refractivity contribution in [2.45, 2.75) is 38.6 Å². The van der Waals surface area contributed by atoms with E-state index in [4.69, 9.17) is 4.42 Å². The van der Waals surface area contributed by atoms with E-state index in [1.165, 1.54) is 31.1 Å². The SMILES string of the molecule is O=C(NCCC1=CCCCC1)c1coc(CN2CCN(c3ncccn3)CC2)n1. The molecule has 29 heavy (non-hydrogen) atoms. The van der Waals surface area contributed by atoms with Crippen molar-refractivity contribution in [3.63, 3.8) is 0 Å². The van der Waals surface area contributed by atoms with Crippen molar-refractivity contribution in [2.24, 2.45) is 0 Å². The fourth-order valence-electron chi connectivity index (χ4n) is 3.80. The molecule has 0 bridgehead atoms. The van der Waals surface area contributed by atoms with Gasteiger partial charge in [-0.05, 0) is 38.2 Å². The first-order valence-electron chi connectivity index (χ1n) is 10.4. The highest BCUT2D eigenvalue weighted by Gasteiger charge is 2.21. The van der Waals surface area contributed by atoms with E-state index < -0.39 is 0 Å². The molecular formula is C21H28N6O2. The number of allylic oxidation sites excluding steroid dienone is 1. The van der Waals surface area contributed by atoms with E-state index in [0.717, 1.165) is 45.0 Å². The summed E-state index contributed by atoms with van der Waals surface area (Å²) < 4.78 is 5.53. The van der Waals surface area contributed by atoms with Crippen molar-refractivity contribution in [3.8, 4) is 0 Å². The summed E-state index contributed by atoms with van der Waals surface area (Å²) in [5.74, 6) is 1.18. The summed E-state index contributed by atoms with van der Waals surface area (Å²) in [7, 11) is 0. The predicted molar refractivity (Wildman–Crippen MR) is 110 cm³/mol. The first-order valence-corrected chi connectivity index (χ1v) is 10.4. The number of piperazine rings is 1. The van der Waals surface area contributed by atoms with E-state index in [1.54, 1.807) is 12.4 Å². The highest BCUT2D eigenvalue weighted by molar-refractivity contribution is 5.91. The van der Waals surface area contributed by atoms with Crippen molar-refractivity contribution < 1.29 is 9.21 Å². The number of nitrogens with one attached hydrogen (secondary N) is 1. The summed E-state index contributed by atoms with van der Waals surface area (Å²) in [5, 5.41) is 2.95. The Hall–Kier alpha value is -2.74. The first-order chi connectivity index (χ1) is 14.3. The molecule has 1 N–H and O–H groups in total. The number of hydrogen-bond acceptors (Lipinski definition) is 7. The van der Waals surface area contributed by atoms with Gasteiger partial charge in [0, 0.05) is 45.1 Å². The minimum Gasteiger partial charge on any atom is -0.447 e. The van der Waals surface area contributed by atoms with Crippen molar-refractivity contribution in [3.05, 3.63) is 48.0 Å². The molecule has 4 rings (SSSR count). The molecule has 0 radical (unpaired) electrons. The third kappa shape index (κ3) is 5.41. The summed E-state index contributed by atoms with van der Waals surface area (Å²) >= 11 is 0. The third-order valence-corrected chi connectivity index (χ3v) is 5.47. The van der Waals surface area contributed by atoms with Gasteiger partial charge in [-0.1, -0.05) is 11.6 Å². The van der Waals surface area contributed by atoms with Gasteiger partial charge in [0.15, 0.2) is 5.69 Å². The minimum atomic E-state index is -0.164. The van der Waals surface area contributed by atoms with Crippen molar-refractivity contribution in [1.82, 2.24) is 25.2 Å². The average Bonchev–Trinajstić information content (AvgIpc) is 3.24. The molecular weight excluding hydrogens is 368 g/mol. The number of aromatic nitrogens is 3. The van der Waals surface area contributed by atoms with Crippen LogP contribution in [-0.2, 0) is 6.54 Å². The van der Waals surface area contributed by atoms with Crippen molar-refractivity contribution in [1.29, 1.82) is 0 Å². The Kier molecular flexibility index (Phi) is 6.51. The predicted octanol–water partition coefficient (Wildman–Crippen LogP) is 2.41. The topological polar surface area (TPSA) is 87.4 Å². The highest BCUT2D eigenvalue weighted by Crippen LogP contribution is 2.19. The van der Waals surface area contributed by atoms with Gasteiger partial charge in [0.2, 0.25) is 11.8 Å². The van der Waals surface area contributed by atoms with Crippen LogP contribution in [0.1, 0.15) is 48.5 Å². The summed E-state index contributed by atoms with van der Waals surface area (Å²) in [6.07, 6.45) is 13.1. The second-order valence-electron chi connectivity index (χ2n) is 7.55. The summed E-state index contributed by atoms with van der Waals surface area (Å²) in [5.41, 5.74) is 1.81. The Morgan fingerprint density at radius 3 is 2.72 bits per heavy atom. The maximum atomic E-state index is 12.3. The summed E-state index contributed by atoms with van der Waals surface area (Å²) in [6, 6.07) is 1.82. The molecule has 2 aliphatic rings. The lowest BCUT2D eigenvalue weighted by atomic mass is 9.97. The van der Waals surface area contributed by atoms with Crippen LogP contribution < -0.4 is 10.2 Å². The highest BCUT2D eigenvalue weighted by atomic mass is 16.3. The normalized spacial score (nSPS) is 17.8. The first kappa shape index (κ1) is 19.6. The van der Waals surface area contributed by atoms with Gasteiger partial charge in [0.05, 0.1) is 6.54 Å². The van der Waals surface area contributed by atoms with Gasteiger partial charge in [-0.2, -0.15) is 0 Å². The molecule has 2 aromatic rings. The fourth-order valence-corrected chi connectivity index (χ4v) is 3.80. The molecule has 1 fully saturated rings. The minimum absolute atomic E-state index is 0.164. The van der Waals surface area contributed by atoms with Crippen molar-refractivity contribution >= 4 is 11.9 Å². The van der Waals surface area contributed by atoms with Crippen LogP contribution in [-0.4, -0.2) is 58.5 Å². The van der Waals surface area contributed by atoms with E-state index in [1.807, 2.05) is 6.07 Å². The van der Waals surface area contributed by atoms with E-state index in [9.17, 15) is 4.79 Å². The fraction of sp³-hybridized carbons (Fsp3) is 0.524. The van der Waals surface area contributed by atoms with Gasteiger partial charge in [0.25, 0.3) is 5.91 Å². The molecule has 1 aliphatic carbocycles. The van der Waals surface area contributed by atoms with Gasteiger partial charge in [0.1, 0.15) is 6.26 Å². The Labute approximate surface area is 171 Å². The third-order valence-electron chi connectivity index (χ3n) is 5.47. The van der Waals surface area contributed by atoms with E-state index in [0.29, 0.717) is 24.7 Å². The van der Waals surface area contributed by atoms with Crippen LogP contribution in [0.5, 0.6) is 0 Å². The molecule has 0 aromatic carbocycles. The van der Waals surface area contributed by atoms with Crippen LogP contribution in [0.4, 0.5) is 5.95 Å². The summed E-state index contributed by atoms with van der Waals surface area (Å²) in [6.45, 7) is 4.70. The van der Waals surface area contributed by atoms with Crippen molar-refractivity contribution in [2.75, 3.05) is 37.6 Å². The Morgan fingerprint density at radius 2 is 1.97 bits per heavy atom. The molecule has 0 atom stereocenters. The Morgan fingerprint density at radius 1 is 1.14 bits per heavy atom. The second kappa shape index (κ2) is 9.65. The second-order valence-corrected chi connectivity index (χ2v) is 7.55. The number of hydrogen-bond donors (Lipinski definition) is 1. The van der Waals surface area contributed by atoms with Crippen LogP contribution in [0.3, 0.4) is 0 Å². The molecule has 0 spiro atoms. The molecule has 3 heterocycles. The maximum Gasteiger partial charge on any atom is 0.273 e. The molecule has 1 saturated heterocycles. The summed E-state index contributed by atoms with van der Waals surface area (Å²) in [4.78, 5) is 29.7. The number of nitrogens with zero attached hydrogens (tertiary/aromatic N) is 5. The smallest absolute Gasteiger partial charge is 0.273 e. The number of rotatable bonds is 7. The van der Waals surface area contributed by atoms with Crippen LogP contribution >= 0.6 is 0 Å². The van der Waals surface area contributed by atoms with Gasteiger partial charge in [-0.15, -0.1) is 0 Å². The van der Waals surface area contributed by atoms with Gasteiger partial charge in [-0.25, -0.2) is 15.0 Å². The maximum absolute atomic E-state index is 12.3. The van der Waals surface area contributed by atoms with Crippen LogP contribution in [0.15, 0.2) is 40.8 Å². The largest absolute Gasteiger partial charge is 0.447 e. The number of oxazole rings is 1. The van der Waals surface area contributed by atoms with E-state index >= 15 is 0 Å². The van der Waals surface area contributed by atoms with Crippen LogP contribution in [0, 0.1) is 0 Å². The average molecular weight is 396 g/mol. The number of carbonyl (C=O) groups excluding carboxylic acids is 1. The number of amides is 1. The Bertz CT molecular complexity index is 827. The molecule has 2 aromatic heterocycles. The molecule has 8 nitrogen and oxygen atoms in total. The lowest BCUT2D eigenvalue weighted by molar-refractivity contribution is 0.0949. The van der Waals surface area contributed by atoms with E-state index in [-0.39, 0.29) is 5.91 Å². The monoisotopic (exact) mass is 396 g/mol. The van der Waals surface area contributed by atoms with Crippen LogP contribution in [0.2, 0.25) is 0 Å². The van der Waals surface area contributed by atoms with Crippen LogP contribution in [0.25, 0.3) is 0 Å². The van der Waals surface area contributed by atoms with Gasteiger partial charge < -0.3 is 14.6 Å².